The van der Waals surface area contributed by atoms with E-state index in [9.17, 15) is 23.5 Å². The lowest BCUT2D eigenvalue weighted by Crippen LogP contribution is -2.43. The average molecular weight is 300 g/mol. The zero-order valence-electron chi connectivity index (χ0n) is 12.0. The van der Waals surface area contributed by atoms with Crippen molar-refractivity contribution in [3.05, 3.63) is 29.8 Å². The number of hydrogen-bond acceptors (Lipinski definition) is 3. The lowest BCUT2D eigenvalue weighted by atomic mass is 9.89. The number of aliphatic hydroxyl groups is 1. The highest BCUT2D eigenvalue weighted by Gasteiger charge is 2.24. The van der Waals surface area contributed by atoms with Crippen LogP contribution in [0.3, 0.4) is 0 Å². The number of rotatable bonds is 3. The molecular weight excluding hydrogens is 282 g/mol. The van der Waals surface area contributed by atoms with Crippen LogP contribution < -0.4 is 10.6 Å². The molecule has 0 saturated carbocycles. The molecule has 0 heterocycles. The molecule has 0 unspecified atom stereocenters. The monoisotopic (exact) mass is 300 g/mol. The summed E-state index contributed by atoms with van der Waals surface area (Å²) in [6, 6.07) is 2.50. The molecule has 0 spiro atoms. The quantitative estimate of drug-likeness (QED) is 0.739. The Morgan fingerprint density at radius 2 is 1.86 bits per heavy atom. The van der Waals surface area contributed by atoms with Gasteiger partial charge in [-0.25, -0.2) is 8.78 Å². The molecule has 0 aliphatic heterocycles. The molecule has 21 heavy (non-hydrogen) atoms. The normalized spacial score (nSPS) is 12.7. The highest BCUT2D eigenvalue weighted by molar-refractivity contribution is 6.39. The number of anilines is 1. The minimum absolute atomic E-state index is 0.124. The molecular formula is C14H18F2N2O3. The highest BCUT2D eigenvalue weighted by Crippen LogP contribution is 2.18. The summed E-state index contributed by atoms with van der Waals surface area (Å²) in [6.07, 6.45) is -0.847. The number of amides is 2. The molecule has 0 fully saturated rings. The van der Waals surface area contributed by atoms with Gasteiger partial charge in [-0.2, -0.15) is 0 Å². The van der Waals surface area contributed by atoms with Crippen molar-refractivity contribution in [3.63, 3.8) is 0 Å². The maximum Gasteiger partial charge on any atom is 0.313 e. The Hall–Kier alpha value is -2.02. The molecule has 1 rings (SSSR count). The van der Waals surface area contributed by atoms with Crippen molar-refractivity contribution in [2.45, 2.75) is 26.9 Å². The van der Waals surface area contributed by atoms with Crippen molar-refractivity contribution in [3.8, 4) is 0 Å². The van der Waals surface area contributed by atoms with Gasteiger partial charge in [-0.15, -0.1) is 0 Å². The number of carbonyl (C=O) groups excluding carboxylic acids is 2. The van der Waals surface area contributed by atoms with E-state index in [0.29, 0.717) is 0 Å². The number of nitrogens with one attached hydrogen (secondary N) is 2. The number of halogens is 2. The third-order valence-electron chi connectivity index (χ3n) is 2.84. The molecule has 2 amide bonds. The van der Waals surface area contributed by atoms with E-state index < -0.39 is 40.7 Å². The molecule has 1 aromatic carbocycles. The van der Waals surface area contributed by atoms with Crippen molar-refractivity contribution < 1.29 is 23.5 Å². The molecule has 0 radical (unpaired) electrons. The van der Waals surface area contributed by atoms with Gasteiger partial charge in [0.1, 0.15) is 11.6 Å². The first-order valence-corrected chi connectivity index (χ1v) is 6.33. The van der Waals surface area contributed by atoms with Gasteiger partial charge in [0.25, 0.3) is 0 Å². The molecule has 1 atom stereocenters. The van der Waals surface area contributed by atoms with E-state index in [1.54, 1.807) is 20.8 Å². The Labute approximate surface area is 121 Å². The third-order valence-corrected chi connectivity index (χ3v) is 2.84. The Balaban J connectivity index is 2.60. The van der Waals surface area contributed by atoms with Crippen LogP contribution in [-0.4, -0.2) is 29.6 Å². The van der Waals surface area contributed by atoms with Gasteiger partial charge in [0.15, 0.2) is 0 Å². The zero-order chi connectivity index (χ0) is 16.2. The van der Waals surface area contributed by atoms with Crippen LogP contribution in [0, 0.1) is 17.0 Å². The van der Waals surface area contributed by atoms with E-state index in [0.717, 1.165) is 18.2 Å². The van der Waals surface area contributed by atoms with Gasteiger partial charge in [-0.05, 0) is 17.5 Å². The highest BCUT2D eigenvalue weighted by atomic mass is 19.1. The minimum Gasteiger partial charge on any atom is -0.391 e. The van der Waals surface area contributed by atoms with E-state index >= 15 is 0 Å². The minimum atomic E-state index is -1.14. The van der Waals surface area contributed by atoms with Gasteiger partial charge in [-0.1, -0.05) is 20.8 Å². The van der Waals surface area contributed by atoms with E-state index in [4.69, 9.17) is 0 Å². The number of benzene rings is 1. The van der Waals surface area contributed by atoms with Crippen molar-refractivity contribution in [2.24, 2.45) is 5.41 Å². The molecule has 0 saturated heterocycles. The smallest absolute Gasteiger partial charge is 0.313 e. The van der Waals surface area contributed by atoms with Crippen LogP contribution in [-0.2, 0) is 9.59 Å². The first-order valence-electron chi connectivity index (χ1n) is 6.33. The molecule has 0 aromatic heterocycles. The lowest BCUT2D eigenvalue weighted by molar-refractivity contribution is -0.136. The van der Waals surface area contributed by atoms with E-state index in [1.807, 2.05) is 5.32 Å². The van der Waals surface area contributed by atoms with E-state index in [2.05, 4.69) is 5.32 Å². The number of carbonyl (C=O) groups is 2. The van der Waals surface area contributed by atoms with Gasteiger partial charge in [0, 0.05) is 12.6 Å². The molecule has 3 N–H and O–H groups in total. The van der Waals surface area contributed by atoms with Gasteiger partial charge in [0.2, 0.25) is 0 Å². The Kier molecular flexibility index (Phi) is 5.37. The Bertz CT molecular complexity index is 542. The Morgan fingerprint density at radius 3 is 2.43 bits per heavy atom. The number of aliphatic hydroxyl groups excluding tert-OH is 1. The third kappa shape index (κ3) is 5.11. The summed E-state index contributed by atoms with van der Waals surface area (Å²) < 4.78 is 26.2. The summed E-state index contributed by atoms with van der Waals surface area (Å²) in [4.78, 5) is 23.1. The van der Waals surface area contributed by atoms with Crippen molar-refractivity contribution in [2.75, 3.05) is 11.9 Å². The van der Waals surface area contributed by atoms with E-state index in [-0.39, 0.29) is 6.54 Å². The fourth-order valence-electron chi connectivity index (χ4n) is 1.35. The summed E-state index contributed by atoms with van der Waals surface area (Å²) in [7, 11) is 0. The van der Waals surface area contributed by atoms with Gasteiger partial charge in [-0.3, -0.25) is 9.59 Å². The number of hydrogen-bond donors (Lipinski definition) is 3. The fraction of sp³-hybridized carbons (Fsp3) is 0.429. The molecule has 0 bridgehead atoms. The van der Waals surface area contributed by atoms with Crippen molar-refractivity contribution >= 4 is 17.5 Å². The summed E-state index contributed by atoms with van der Waals surface area (Å²) in [5.74, 6) is -3.77. The van der Waals surface area contributed by atoms with Gasteiger partial charge >= 0.3 is 11.8 Å². The second-order valence-corrected chi connectivity index (χ2v) is 5.67. The first-order chi connectivity index (χ1) is 9.61. The Morgan fingerprint density at radius 1 is 1.24 bits per heavy atom. The maximum atomic E-state index is 13.3. The predicted octanol–water partition coefficient (Wildman–Crippen LogP) is 1.43. The van der Waals surface area contributed by atoms with Crippen LogP contribution in [0.15, 0.2) is 18.2 Å². The molecule has 0 aliphatic rings. The second-order valence-electron chi connectivity index (χ2n) is 5.67. The summed E-state index contributed by atoms with van der Waals surface area (Å²) in [5.41, 5.74) is -0.884. The van der Waals surface area contributed by atoms with Crippen LogP contribution in [0.1, 0.15) is 20.8 Å². The van der Waals surface area contributed by atoms with Crippen LogP contribution in [0.4, 0.5) is 14.5 Å². The summed E-state index contributed by atoms with van der Waals surface area (Å²) in [6.45, 7) is 5.19. The van der Waals surface area contributed by atoms with Crippen LogP contribution in [0.5, 0.6) is 0 Å². The zero-order valence-corrected chi connectivity index (χ0v) is 12.0. The summed E-state index contributed by atoms with van der Waals surface area (Å²) in [5, 5.41) is 13.9. The SMILES string of the molecule is CC(C)(C)[C@@H](O)CNC(=O)C(=O)Nc1cc(F)ccc1F. The first kappa shape index (κ1) is 17.0. The second kappa shape index (κ2) is 6.62. The topological polar surface area (TPSA) is 78.4 Å². The van der Waals surface area contributed by atoms with Gasteiger partial charge in [0.05, 0.1) is 11.8 Å². The summed E-state index contributed by atoms with van der Waals surface area (Å²) >= 11 is 0. The maximum absolute atomic E-state index is 13.3. The molecule has 7 heteroatoms. The molecule has 1 aromatic rings. The van der Waals surface area contributed by atoms with E-state index in [1.165, 1.54) is 0 Å². The van der Waals surface area contributed by atoms with Crippen LogP contribution >= 0.6 is 0 Å². The van der Waals surface area contributed by atoms with Crippen molar-refractivity contribution in [1.29, 1.82) is 0 Å². The lowest BCUT2D eigenvalue weighted by Gasteiger charge is -2.25. The fourth-order valence-corrected chi connectivity index (χ4v) is 1.35. The molecule has 116 valence electrons. The molecule has 5 nitrogen and oxygen atoms in total. The molecule has 0 aliphatic carbocycles. The van der Waals surface area contributed by atoms with Crippen molar-refractivity contribution in [1.82, 2.24) is 5.32 Å². The van der Waals surface area contributed by atoms with Crippen LogP contribution in [0.2, 0.25) is 0 Å². The van der Waals surface area contributed by atoms with Crippen LogP contribution in [0.25, 0.3) is 0 Å². The largest absolute Gasteiger partial charge is 0.391 e. The van der Waals surface area contributed by atoms with Gasteiger partial charge < -0.3 is 15.7 Å². The average Bonchev–Trinajstić information content (AvgIpc) is 2.38. The predicted molar refractivity (Wildman–Crippen MR) is 73.5 cm³/mol. The standard InChI is InChI=1S/C14H18F2N2O3/c1-14(2,3)11(19)7-17-12(20)13(21)18-10-6-8(15)4-5-9(10)16/h4-6,11,19H,7H2,1-3H3,(H,17,20)(H,18,21)/t11-/m0/s1.